The third kappa shape index (κ3) is 6.20. The van der Waals surface area contributed by atoms with Gasteiger partial charge in [-0.15, -0.1) is 0 Å². The molecule has 0 bridgehead atoms. The lowest BCUT2D eigenvalue weighted by Crippen LogP contribution is -2.37. The van der Waals surface area contributed by atoms with E-state index in [1.165, 1.54) is 11.1 Å². The van der Waals surface area contributed by atoms with E-state index in [9.17, 15) is 5.26 Å². The van der Waals surface area contributed by atoms with Crippen molar-refractivity contribution in [1.29, 1.82) is 5.26 Å². The number of anilines is 2. The number of benzene rings is 3. The van der Waals surface area contributed by atoms with E-state index in [2.05, 4.69) is 101 Å². The Balaban J connectivity index is 1.30. The molecule has 6 nitrogen and oxygen atoms in total. The number of nitrogens with zero attached hydrogens (tertiary/aromatic N) is 3. The van der Waals surface area contributed by atoms with Gasteiger partial charge in [-0.25, -0.2) is 0 Å². The van der Waals surface area contributed by atoms with Crippen molar-refractivity contribution in [3.05, 3.63) is 89.1 Å². The van der Waals surface area contributed by atoms with Crippen LogP contribution < -0.4 is 10.6 Å². The molecule has 1 aromatic heterocycles. The maximum Gasteiger partial charge on any atom is 0.103 e. The molecule has 4 aromatic rings. The average Bonchev–Trinajstić information content (AvgIpc) is 2.95. The van der Waals surface area contributed by atoms with Crippen molar-refractivity contribution in [3.63, 3.8) is 0 Å². The number of morpholine rings is 1. The monoisotopic (exact) mass is 505 g/mol. The van der Waals surface area contributed by atoms with E-state index >= 15 is 0 Å². The molecular weight excluding hydrogens is 470 g/mol. The molecule has 2 heterocycles. The van der Waals surface area contributed by atoms with Crippen molar-refractivity contribution in [3.8, 4) is 17.2 Å². The van der Waals surface area contributed by atoms with Crippen LogP contribution in [0.15, 0.2) is 66.9 Å². The van der Waals surface area contributed by atoms with Gasteiger partial charge < -0.3 is 15.4 Å². The van der Waals surface area contributed by atoms with Gasteiger partial charge >= 0.3 is 0 Å². The molecule has 0 atom stereocenters. The zero-order valence-electron chi connectivity index (χ0n) is 22.3. The molecule has 0 saturated carbocycles. The van der Waals surface area contributed by atoms with Gasteiger partial charge in [0.05, 0.1) is 30.0 Å². The predicted octanol–water partition coefficient (Wildman–Crippen LogP) is 5.95. The summed E-state index contributed by atoms with van der Waals surface area (Å²) >= 11 is 0. The first-order valence-corrected chi connectivity index (χ1v) is 13.4. The highest BCUT2D eigenvalue weighted by molar-refractivity contribution is 5.97. The predicted molar refractivity (Wildman–Crippen MR) is 155 cm³/mol. The van der Waals surface area contributed by atoms with E-state index in [1.54, 1.807) is 6.20 Å². The van der Waals surface area contributed by atoms with E-state index in [0.29, 0.717) is 5.56 Å². The second-order valence-electron chi connectivity index (χ2n) is 10.0. The summed E-state index contributed by atoms with van der Waals surface area (Å²) < 4.78 is 5.43. The molecule has 0 spiro atoms. The first-order chi connectivity index (χ1) is 18.6. The normalized spacial score (nSPS) is 13.9. The van der Waals surface area contributed by atoms with Gasteiger partial charge in [-0.1, -0.05) is 48.0 Å². The van der Waals surface area contributed by atoms with Crippen LogP contribution >= 0.6 is 0 Å². The van der Waals surface area contributed by atoms with Crippen LogP contribution in [0.3, 0.4) is 0 Å². The molecule has 0 amide bonds. The summed E-state index contributed by atoms with van der Waals surface area (Å²) in [4.78, 5) is 7.10. The number of aromatic nitrogens is 1. The molecular formula is C32H35N5O. The van der Waals surface area contributed by atoms with E-state index in [0.717, 1.165) is 91.3 Å². The number of rotatable bonds is 9. The minimum absolute atomic E-state index is 0.534. The van der Waals surface area contributed by atoms with Gasteiger partial charge in [0.2, 0.25) is 0 Å². The minimum atomic E-state index is 0.534. The van der Waals surface area contributed by atoms with Gasteiger partial charge in [0.15, 0.2) is 0 Å². The van der Waals surface area contributed by atoms with Crippen molar-refractivity contribution in [1.82, 2.24) is 15.2 Å². The summed E-state index contributed by atoms with van der Waals surface area (Å²) in [6, 6.07) is 23.6. The standard InChI is InChI=1S/C32H35N5O/c1-23-7-10-30(24(2)17-23)36-32-28(20-33)22-35-31-19-27(8-9-29(31)32)26-6-3-5-25(18-26)21-34-11-4-12-37-13-15-38-16-14-37/h3,5-10,17-19,22,34H,4,11-16,21H2,1-2H3,(H,35,36). The Labute approximate surface area is 225 Å². The van der Waals surface area contributed by atoms with Crippen LogP contribution in [-0.2, 0) is 11.3 Å². The lowest BCUT2D eigenvalue weighted by atomic mass is 10.00. The molecule has 2 N–H and O–H groups in total. The molecule has 38 heavy (non-hydrogen) atoms. The van der Waals surface area contributed by atoms with Crippen LogP contribution in [0.5, 0.6) is 0 Å². The fraction of sp³-hybridized carbons (Fsp3) is 0.312. The molecule has 1 fully saturated rings. The fourth-order valence-corrected chi connectivity index (χ4v) is 5.03. The Morgan fingerprint density at radius 2 is 1.84 bits per heavy atom. The van der Waals surface area contributed by atoms with Gasteiger partial charge in [-0.05, 0) is 73.8 Å². The summed E-state index contributed by atoms with van der Waals surface area (Å²) in [5.41, 5.74) is 9.08. The maximum atomic E-state index is 9.76. The lowest BCUT2D eigenvalue weighted by molar-refractivity contribution is 0.0374. The van der Waals surface area contributed by atoms with E-state index < -0.39 is 0 Å². The largest absolute Gasteiger partial charge is 0.379 e. The van der Waals surface area contributed by atoms with E-state index in [1.807, 2.05) is 0 Å². The maximum absolute atomic E-state index is 9.76. The van der Waals surface area contributed by atoms with Gasteiger partial charge in [-0.3, -0.25) is 9.88 Å². The minimum Gasteiger partial charge on any atom is -0.379 e. The zero-order chi connectivity index (χ0) is 26.3. The number of nitriles is 1. The van der Waals surface area contributed by atoms with Crippen LogP contribution in [-0.4, -0.2) is 49.3 Å². The molecule has 0 radical (unpaired) electrons. The first kappa shape index (κ1) is 25.9. The van der Waals surface area contributed by atoms with E-state index in [-0.39, 0.29) is 0 Å². The van der Waals surface area contributed by atoms with Crippen molar-refractivity contribution < 1.29 is 4.74 Å². The summed E-state index contributed by atoms with van der Waals surface area (Å²) in [6.07, 6.45) is 2.80. The SMILES string of the molecule is Cc1ccc(Nc2c(C#N)cnc3cc(-c4cccc(CNCCCN5CCOCC5)c4)ccc23)c(C)c1. The number of hydrogen-bond donors (Lipinski definition) is 2. The molecule has 6 heteroatoms. The van der Waals surface area contributed by atoms with Crippen LogP contribution in [0.1, 0.15) is 28.7 Å². The Bertz CT molecular complexity index is 1450. The molecule has 0 unspecified atom stereocenters. The highest BCUT2D eigenvalue weighted by Crippen LogP contribution is 2.33. The van der Waals surface area contributed by atoms with Crippen molar-refractivity contribution in [2.75, 3.05) is 44.7 Å². The smallest absolute Gasteiger partial charge is 0.103 e. The summed E-state index contributed by atoms with van der Waals surface area (Å²) in [6.45, 7) is 10.9. The second-order valence-corrected chi connectivity index (χ2v) is 10.0. The Morgan fingerprint density at radius 1 is 1.00 bits per heavy atom. The molecule has 194 valence electrons. The number of aryl methyl sites for hydroxylation is 2. The van der Waals surface area contributed by atoms with Crippen LogP contribution in [0.25, 0.3) is 22.0 Å². The zero-order valence-corrected chi connectivity index (χ0v) is 22.3. The second kappa shape index (κ2) is 12.2. The first-order valence-electron chi connectivity index (χ1n) is 13.4. The number of nitrogens with one attached hydrogen (secondary N) is 2. The average molecular weight is 506 g/mol. The Hall–Kier alpha value is -3.76. The highest BCUT2D eigenvalue weighted by atomic mass is 16.5. The third-order valence-corrected chi connectivity index (χ3v) is 7.15. The molecule has 5 rings (SSSR count). The third-order valence-electron chi connectivity index (χ3n) is 7.15. The number of fused-ring (bicyclic) bond motifs is 1. The van der Waals surface area contributed by atoms with Crippen LogP contribution in [0, 0.1) is 25.2 Å². The van der Waals surface area contributed by atoms with Crippen molar-refractivity contribution in [2.24, 2.45) is 0 Å². The lowest BCUT2D eigenvalue weighted by Gasteiger charge is -2.26. The van der Waals surface area contributed by atoms with Gasteiger partial charge in [-0.2, -0.15) is 5.26 Å². The van der Waals surface area contributed by atoms with Crippen molar-refractivity contribution in [2.45, 2.75) is 26.8 Å². The summed E-state index contributed by atoms with van der Waals surface area (Å²) in [5.74, 6) is 0. The van der Waals surface area contributed by atoms with Crippen molar-refractivity contribution >= 4 is 22.3 Å². The number of ether oxygens (including phenoxy) is 1. The Morgan fingerprint density at radius 3 is 2.66 bits per heavy atom. The molecule has 3 aromatic carbocycles. The van der Waals surface area contributed by atoms with Gasteiger partial charge in [0.1, 0.15) is 6.07 Å². The fourth-order valence-electron chi connectivity index (χ4n) is 5.03. The van der Waals surface area contributed by atoms with Gasteiger partial charge in [0.25, 0.3) is 0 Å². The number of pyridine rings is 1. The van der Waals surface area contributed by atoms with Crippen LogP contribution in [0.4, 0.5) is 11.4 Å². The van der Waals surface area contributed by atoms with Gasteiger partial charge in [0, 0.05) is 36.9 Å². The number of hydrogen-bond acceptors (Lipinski definition) is 6. The molecule has 1 aliphatic heterocycles. The summed E-state index contributed by atoms with van der Waals surface area (Å²) in [5, 5.41) is 17.8. The quantitative estimate of drug-likeness (QED) is 0.274. The topological polar surface area (TPSA) is 73.2 Å². The molecule has 0 aliphatic carbocycles. The molecule has 1 saturated heterocycles. The van der Waals surface area contributed by atoms with Crippen LogP contribution in [0.2, 0.25) is 0 Å². The Kier molecular flexibility index (Phi) is 8.30. The highest BCUT2D eigenvalue weighted by Gasteiger charge is 2.12. The summed E-state index contributed by atoms with van der Waals surface area (Å²) in [7, 11) is 0. The molecule has 1 aliphatic rings. The van der Waals surface area contributed by atoms with E-state index in [4.69, 9.17) is 4.74 Å².